The van der Waals surface area contributed by atoms with Crippen LogP contribution in [0.15, 0.2) is 42.5 Å². The minimum atomic E-state index is -1.21. The van der Waals surface area contributed by atoms with Crippen LogP contribution in [0.5, 0.6) is 5.75 Å². The molecule has 1 atom stereocenters. The average Bonchev–Trinajstić information content (AvgIpc) is 2.47. The van der Waals surface area contributed by atoms with Gasteiger partial charge in [0.2, 0.25) is 0 Å². The fraction of sp³-hybridized carbons (Fsp3) is 0.188. The number of aryl methyl sites for hydroxylation is 1. The van der Waals surface area contributed by atoms with E-state index in [9.17, 15) is 9.90 Å². The number of methoxy groups -OCH3 is 1. The van der Waals surface area contributed by atoms with Gasteiger partial charge in [-0.1, -0.05) is 35.9 Å². The Morgan fingerprint density at radius 1 is 1.20 bits per heavy atom. The summed E-state index contributed by atoms with van der Waals surface area (Å²) in [5, 5.41) is 10.7. The van der Waals surface area contributed by atoms with Crippen LogP contribution in [0.3, 0.4) is 0 Å². The maximum Gasteiger partial charge on any atom is 0.195 e. The SMILES string of the molecule is COc1cc(C(=O)C(O)c2ccc(Cl)cc2)ccc1C. The molecule has 2 aromatic carbocycles. The van der Waals surface area contributed by atoms with E-state index in [0.717, 1.165) is 5.56 Å². The fourth-order valence-electron chi connectivity index (χ4n) is 1.93. The Kier molecular flexibility index (Phi) is 4.42. The van der Waals surface area contributed by atoms with Crippen LogP contribution >= 0.6 is 11.6 Å². The molecule has 0 aliphatic heterocycles. The fourth-order valence-corrected chi connectivity index (χ4v) is 2.05. The van der Waals surface area contributed by atoms with Crippen LogP contribution in [0.2, 0.25) is 5.02 Å². The first-order valence-corrected chi connectivity index (χ1v) is 6.53. The highest BCUT2D eigenvalue weighted by Gasteiger charge is 2.20. The number of rotatable bonds is 4. The molecule has 2 rings (SSSR count). The quantitative estimate of drug-likeness (QED) is 0.876. The van der Waals surface area contributed by atoms with Gasteiger partial charge < -0.3 is 9.84 Å². The lowest BCUT2D eigenvalue weighted by Crippen LogP contribution is -2.12. The minimum Gasteiger partial charge on any atom is -0.496 e. The Balaban J connectivity index is 2.28. The molecule has 0 saturated carbocycles. The number of halogens is 1. The van der Waals surface area contributed by atoms with Gasteiger partial charge >= 0.3 is 0 Å². The smallest absolute Gasteiger partial charge is 0.195 e. The number of Topliss-reactive ketones (excluding diaryl/α,β-unsaturated/α-hetero) is 1. The second-order valence-electron chi connectivity index (χ2n) is 4.50. The van der Waals surface area contributed by atoms with E-state index in [0.29, 0.717) is 21.9 Å². The first-order valence-electron chi connectivity index (χ1n) is 6.15. The zero-order valence-corrected chi connectivity index (χ0v) is 12.0. The van der Waals surface area contributed by atoms with Crippen LogP contribution in [0.4, 0.5) is 0 Å². The summed E-state index contributed by atoms with van der Waals surface area (Å²) in [5.41, 5.74) is 1.86. The van der Waals surface area contributed by atoms with Crippen molar-refractivity contribution in [1.29, 1.82) is 0 Å². The van der Waals surface area contributed by atoms with Crippen LogP contribution in [-0.2, 0) is 0 Å². The van der Waals surface area contributed by atoms with E-state index in [1.54, 1.807) is 49.6 Å². The Morgan fingerprint density at radius 3 is 2.45 bits per heavy atom. The van der Waals surface area contributed by atoms with Gasteiger partial charge in [0.15, 0.2) is 5.78 Å². The molecule has 1 unspecified atom stereocenters. The van der Waals surface area contributed by atoms with Gasteiger partial charge in [0.1, 0.15) is 11.9 Å². The lowest BCUT2D eigenvalue weighted by atomic mass is 9.99. The van der Waals surface area contributed by atoms with Gasteiger partial charge in [0.05, 0.1) is 7.11 Å². The van der Waals surface area contributed by atoms with Gasteiger partial charge in [0.25, 0.3) is 0 Å². The third-order valence-corrected chi connectivity index (χ3v) is 3.38. The van der Waals surface area contributed by atoms with Crippen molar-refractivity contribution in [2.75, 3.05) is 7.11 Å². The number of hydrogen-bond acceptors (Lipinski definition) is 3. The highest BCUT2D eigenvalue weighted by atomic mass is 35.5. The summed E-state index contributed by atoms with van der Waals surface area (Å²) in [6.45, 7) is 1.89. The molecule has 20 heavy (non-hydrogen) atoms. The van der Waals surface area contributed by atoms with E-state index >= 15 is 0 Å². The van der Waals surface area contributed by atoms with E-state index < -0.39 is 6.10 Å². The van der Waals surface area contributed by atoms with Gasteiger partial charge in [-0.25, -0.2) is 0 Å². The van der Waals surface area contributed by atoms with Gasteiger partial charge in [-0.2, -0.15) is 0 Å². The molecule has 1 N–H and O–H groups in total. The van der Waals surface area contributed by atoms with Crippen LogP contribution in [0, 0.1) is 6.92 Å². The van der Waals surface area contributed by atoms with Crippen molar-refractivity contribution in [1.82, 2.24) is 0 Å². The molecule has 0 fully saturated rings. The highest BCUT2D eigenvalue weighted by Crippen LogP contribution is 2.24. The molecule has 3 nitrogen and oxygen atoms in total. The zero-order chi connectivity index (χ0) is 14.7. The van der Waals surface area contributed by atoms with Crippen LogP contribution in [0.1, 0.15) is 27.6 Å². The summed E-state index contributed by atoms with van der Waals surface area (Å²) in [4.78, 5) is 12.3. The Labute approximate surface area is 122 Å². The third-order valence-electron chi connectivity index (χ3n) is 3.13. The number of hydrogen-bond donors (Lipinski definition) is 1. The van der Waals surface area contributed by atoms with Crippen molar-refractivity contribution >= 4 is 17.4 Å². The number of benzene rings is 2. The van der Waals surface area contributed by atoms with E-state index in [-0.39, 0.29) is 5.78 Å². The molecule has 0 aliphatic carbocycles. The van der Waals surface area contributed by atoms with Crippen molar-refractivity contribution in [2.45, 2.75) is 13.0 Å². The number of carbonyl (C=O) groups excluding carboxylic acids is 1. The topological polar surface area (TPSA) is 46.5 Å². The van der Waals surface area contributed by atoms with Crippen molar-refractivity contribution in [3.05, 3.63) is 64.2 Å². The van der Waals surface area contributed by atoms with Crippen molar-refractivity contribution in [3.8, 4) is 5.75 Å². The summed E-state index contributed by atoms with van der Waals surface area (Å²) in [5.74, 6) is 0.254. The van der Waals surface area contributed by atoms with E-state index in [2.05, 4.69) is 0 Å². The molecular weight excluding hydrogens is 276 g/mol. The molecule has 0 bridgehead atoms. The number of aliphatic hydroxyl groups is 1. The van der Waals surface area contributed by atoms with Crippen molar-refractivity contribution in [2.24, 2.45) is 0 Å². The maximum atomic E-state index is 12.3. The van der Waals surface area contributed by atoms with Crippen LogP contribution in [-0.4, -0.2) is 18.0 Å². The largest absolute Gasteiger partial charge is 0.496 e. The molecule has 104 valence electrons. The third kappa shape index (κ3) is 3.00. The molecule has 0 radical (unpaired) electrons. The second-order valence-corrected chi connectivity index (χ2v) is 4.94. The molecule has 0 aromatic heterocycles. The lowest BCUT2D eigenvalue weighted by molar-refractivity contribution is 0.0747. The summed E-state index contributed by atoms with van der Waals surface area (Å²) in [6.07, 6.45) is -1.21. The zero-order valence-electron chi connectivity index (χ0n) is 11.3. The Morgan fingerprint density at radius 2 is 1.85 bits per heavy atom. The van der Waals surface area contributed by atoms with Gasteiger partial charge in [0, 0.05) is 10.6 Å². The Hall–Kier alpha value is -1.84. The van der Waals surface area contributed by atoms with Crippen LogP contribution < -0.4 is 4.74 Å². The lowest BCUT2D eigenvalue weighted by Gasteiger charge is -2.12. The average molecular weight is 291 g/mol. The second kappa shape index (κ2) is 6.07. The van der Waals surface area contributed by atoms with Crippen molar-refractivity contribution in [3.63, 3.8) is 0 Å². The normalized spacial score (nSPS) is 12.0. The predicted molar refractivity (Wildman–Crippen MR) is 78.5 cm³/mol. The molecule has 0 aliphatic rings. The number of aliphatic hydroxyl groups excluding tert-OH is 1. The first-order chi connectivity index (χ1) is 9.52. The highest BCUT2D eigenvalue weighted by molar-refractivity contribution is 6.30. The van der Waals surface area contributed by atoms with Crippen molar-refractivity contribution < 1.29 is 14.6 Å². The minimum absolute atomic E-state index is 0.370. The molecule has 0 amide bonds. The van der Waals surface area contributed by atoms with Gasteiger partial charge in [-0.15, -0.1) is 0 Å². The molecule has 0 spiro atoms. The Bertz CT molecular complexity index is 620. The summed E-state index contributed by atoms with van der Waals surface area (Å²) in [6, 6.07) is 11.7. The monoisotopic (exact) mass is 290 g/mol. The molecule has 0 heterocycles. The van der Waals surface area contributed by atoms with E-state index in [1.165, 1.54) is 0 Å². The summed E-state index contributed by atoms with van der Waals surface area (Å²) in [7, 11) is 1.55. The predicted octanol–water partition coefficient (Wildman–Crippen LogP) is 3.57. The molecular formula is C16H15ClO3. The standard InChI is InChI=1S/C16H15ClO3/c1-10-3-4-12(9-14(10)20-2)16(19)15(18)11-5-7-13(17)8-6-11/h3-9,15,18H,1-2H3. The molecule has 0 saturated heterocycles. The number of ether oxygens (including phenoxy) is 1. The number of carbonyl (C=O) groups is 1. The van der Waals surface area contributed by atoms with Crippen LogP contribution in [0.25, 0.3) is 0 Å². The molecule has 2 aromatic rings. The van der Waals surface area contributed by atoms with E-state index in [4.69, 9.17) is 16.3 Å². The first kappa shape index (κ1) is 14.6. The summed E-state index contributed by atoms with van der Waals surface area (Å²) >= 11 is 5.79. The van der Waals surface area contributed by atoms with Gasteiger partial charge in [-0.05, 0) is 36.2 Å². The van der Waals surface area contributed by atoms with Gasteiger partial charge in [-0.3, -0.25) is 4.79 Å². The number of ketones is 1. The molecule has 4 heteroatoms. The van der Waals surface area contributed by atoms with E-state index in [1.807, 2.05) is 6.92 Å². The summed E-state index contributed by atoms with van der Waals surface area (Å²) < 4.78 is 5.19. The maximum absolute atomic E-state index is 12.3.